The number of nitrogens with two attached hydrogens (primary N) is 1. The highest BCUT2D eigenvalue weighted by Gasteiger charge is 2.52. The zero-order valence-electron chi connectivity index (χ0n) is 31.4. The lowest BCUT2D eigenvalue weighted by Crippen LogP contribution is -2.13. The van der Waals surface area contributed by atoms with Gasteiger partial charge >= 0.3 is 0 Å². The quantitative estimate of drug-likeness (QED) is 0.0719. The van der Waals surface area contributed by atoms with Crippen LogP contribution >= 0.6 is 0 Å². The molecule has 0 amide bonds. The lowest BCUT2D eigenvalue weighted by Gasteiger charge is -2.19. The minimum atomic E-state index is -0.113. The van der Waals surface area contributed by atoms with E-state index in [2.05, 4.69) is 108 Å². The van der Waals surface area contributed by atoms with Crippen molar-refractivity contribution in [1.29, 1.82) is 0 Å². The number of aryl methyl sites for hydroxylation is 1. The highest BCUT2D eigenvalue weighted by Crippen LogP contribution is 2.59. The molecule has 5 aromatic rings. The van der Waals surface area contributed by atoms with Crippen LogP contribution in [0.25, 0.3) is 11.2 Å². The van der Waals surface area contributed by atoms with Gasteiger partial charge in [-0.05, 0) is 47.2 Å². The molecule has 2 N–H and O–H groups in total. The first-order chi connectivity index (χ1) is 25.2. The van der Waals surface area contributed by atoms with E-state index in [0.29, 0.717) is 11.3 Å². The van der Waals surface area contributed by atoms with Crippen LogP contribution in [0, 0.1) is 0 Å². The highest BCUT2D eigenvalue weighted by atomic mass is 16.5. The summed E-state index contributed by atoms with van der Waals surface area (Å²) in [6.45, 7) is 6.13. The third kappa shape index (κ3) is 10.4. The number of fused-ring (bicyclic) bond motifs is 2. The van der Waals surface area contributed by atoms with Crippen LogP contribution in [0.15, 0.2) is 91.5 Å². The van der Waals surface area contributed by atoms with Crippen LogP contribution in [0.3, 0.4) is 0 Å². The number of hydrogen-bond acceptors (Lipinski definition) is 5. The summed E-state index contributed by atoms with van der Waals surface area (Å²) < 4.78 is 8.20. The molecule has 0 bridgehead atoms. The van der Waals surface area contributed by atoms with E-state index in [1.54, 1.807) is 6.33 Å². The number of hydrogen-bond donors (Lipinski definition) is 1. The predicted molar refractivity (Wildman–Crippen MR) is 213 cm³/mol. The molecule has 6 rings (SSSR count). The molecule has 6 nitrogen and oxygen atoms in total. The summed E-state index contributed by atoms with van der Waals surface area (Å²) in [6, 6.07) is 28.5. The van der Waals surface area contributed by atoms with E-state index in [1.807, 2.05) is 4.57 Å². The van der Waals surface area contributed by atoms with Gasteiger partial charge in [0.25, 0.3) is 0 Å². The lowest BCUT2D eigenvalue weighted by molar-refractivity contribution is 0.304. The van der Waals surface area contributed by atoms with Gasteiger partial charge in [-0.25, -0.2) is 15.0 Å². The third-order valence-corrected chi connectivity index (χ3v) is 10.3. The number of benzene rings is 3. The molecule has 0 radical (unpaired) electrons. The lowest BCUT2D eigenvalue weighted by atomic mass is 9.84. The van der Waals surface area contributed by atoms with Crippen LogP contribution in [-0.2, 0) is 12.0 Å². The zero-order chi connectivity index (χ0) is 35.6. The average molecular weight is 688 g/mol. The van der Waals surface area contributed by atoms with Crippen molar-refractivity contribution >= 4 is 17.0 Å². The van der Waals surface area contributed by atoms with Crippen LogP contribution in [0.5, 0.6) is 5.75 Å². The normalized spacial score (nSPS) is 12.7. The van der Waals surface area contributed by atoms with Gasteiger partial charge < -0.3 is 15.0 Å². The van der Waals surface area contributed by atoms with E-state index in [-0.39, 0.29) is 5.41 Å². The molecule has 0 spiro atoms. The topological polar surface area (TPSA) is 78.9 Å². The number of rotatable bonds is 22. The van der Waals surface area contributed by atoms with Gasteiger partial charge in [-0.1, -0.05) is 177 Å². The Hall–Kier alpha value is -4.19. The SMILES string of the molecule is CCCCCCCCCCCCCCCCCCOc1cccc(C2(c3ccccc3)c3ccccc32)c1.CCCn1cnc2c(N)ncnc21. The first-order valence-electron chi connectivity index (χ1n) is 20.0. The predicted octanol–water partition coefficient (Wildman–Crippen LogP) is 11.8. The summed E-state index contributed by atoms with van der Waals surface area (Å²) in [5.74, 6) is 1.44. The summed E-state index contributed by atoms with van der Waals surface area (Å²) in [7, 11) is 0. The van der Waals surface area contributed by atoms with E-state index >= 15 is 0 Å². The molecular formula is C45H61N5O. The van der Waals surface area contributed by atoms with Crippen LogP contribution in [0.4, 0.5) is 5.82 Å². The summed E-state index contributed by atoms with van der Waals surface area (Å²) in [4.78, 5) is 12.2. The summed E-state index contributed by atoms with van der Waals surface area (Å²) in [5.41, 5.74) is 12.5. The van der Waals surface area contributed by atoms with Gasteiger partial charge in [0.05, 0.1) is 18.3 Å². The van der Waals surface area contributed by atoms with Gasteiger partial charge in [0, 0.05) is 6.54 Å². The maximum absolute atomic E-state index is 6.22. The van der Waals surface area contributed by atoms with Gasteiger partial charge in [0.2, 0.25) is 0 Å². The Bertz CT molecular complexity index is 1690. The van der Waals surface area contributed by atoms with E-state index < -0.39 is 0 Å². The average Bonchev–Trinajstić information content (AvgIpc) is 3.68. The molecule has 6 heteroatoms. The molecule has 0 aliphatic heterocycles. The molecule has 2 aromatic heterocycles. The highest BCUT2D eigenvalue weighted by molar-refractivity contribution is 5.81. The molecule has 51 heavy (non-hydrogen) atoms. The summed E-state index contributed by atoms with van der Waals surface area (Å²) in [5, 5.41) is 0. The van der Waals surface area contributed by atoms with Crippen LogP contribution < -0.4 is 10.5 Å². The first-order valence-corrected chi connectivity index (χ1v) is 20.0. The Labute approximate surface area is 307 Å². The molecule has 0 saturated heterocycles. The van der Waals surface area contributed by atoms with E-state index in [9.17, 15) is 0 Å². The fourth-order valence-electron chi connectivity index (χ4n) is 7.49. The third-order valence-electron chi connectivity index (χ3n) is 10.3. The van der Waals surface area contributed by atoms with Gasteiger partial charge in [0.1, 0.15) is 17.6 Å². The monoisotopic (exact) mass is 687 g/mol. The van der Waals surface area contributed by atoms with Crippen molar-refractivity contribution in [3.8, 4) is 5.75 Å². The summed E-state index contributed by atoms with van der Waals surface area (Å²) in [6.07, 6.45) is 26.6. The van der Waals surface area contributed by atoms with Gasteiger partial charge in [-0.3, -0.25) is 0 Å². The zero-order valence-corrected chi connectivity index (χ0v) is 31.4. The van der Waals surface area contributed by atoms with Crippen molar-refractivity contribution in [3.05, 3.63) is 114 Å². The minimum absolute atomic E-state index is 0.113. The van der Waals surface area contributed by atoms with Crippen molar-refractivity contribution in [2.75, 3.05) is 12.3 Å². The standard InChI is InChI=1S/C37H50O.C8H11N5/c1-2-3-4-5-6-7-8-9-10-11-12-13-14-15-16-22-30-38-34-27-23-26-33(31-34)37(32-24-18-17-19-25-32)35-28-20-21-29-36(35)37;1-2-3-13-5-12-6-7(9)10-4-11-8(6)13/h17-21,23-29,31H,2-16,22,30H2,1H3;4-5H,2-3H2,1H3,(H2,9,10,11). The van der Waals surface area contributed by atoms with Crippen LogP contribution in [0.2, 0.25) is 0 Å². The van der Waals surface area contributed by atoms with E-state index in [0.717, 1.165) is 37.4 Å². The van der Waals surface area contributed by atoms with Gasteiger partial charge in [-0.2, -0.15) is 0 Å². The van der Waals surface area contributed by atoms with Crippen molar-refractivity contribution in [1.82, 2.24) is 19.5 Å². The molecule has 272 valence electrons. The molecule has 0 saturated carbocycles. The van der Waals surface area contributed by atoms with Crippen molar-refractivity contribution < 1.29 is 4.74 Å². The first kappa shape index (κ1) is 38.1. The number of anilines is 1. The fourth-order valence-corrected chi connectivity index (χ4v) is 7.49. The number of unbranched alkanes of at least 4 members (excludes halogenated alkanes) is 15. The molecule has 0 unspecified atom stereocenters. The molecule has 1 aliphatic carbocycles. The molecule has 1 aliphatic rings. The Morgan fingerprint density at radius 1 is 0.588 bits per heavy atom. The minimum Gasteiger partial charge on any atom is -0.494 e. The van der Waals surface area contributed by atoms with Crippen LogP contribution in [0.1, 0.15) is 145 Å². The van der Waals surface area contributed by atoms with E-state index in [1.165, 1.54) is 125 Å². The maximum Gasteiger partial charge on any atom is 0.165 e. The number of nitrogen functional groups attached to an aromatic ring is 1. The van der Waals surface area contributed by atoms with Gasteiger partial charge in [-0.15, -0.1) is 0 Å². The van der Waals surface area contributed by atoms with E-state index in [4.69, 9.17) is 10.5 Å². The number of aromatic nitrogens is 4. The second kappa shape index (κ2) is 20.6. The second-order valence-corrected chi connectivity index (χ2v) is 14.2. The molecule has 0 fully saturated rings. The molecule has 0 atom stereocenters. The van der Waals surface area contributed by atoms with Crippen LogP contribution in [-0.4, -0.2) is 26.1 Å². The Morgan fingerprint density at radius 3 is 1.76 bits per heavy atom. The fraction of sp³-hybridized carbons (Fsp3) is 0.489. The Morgan fingerprint density at radius 2 is 1.16 bits per heavy atom. The number of ether oxygens (including phenoxy) is 1. The smallest absolute Gasteiger partial charge is 0.165 e. The largest absolute Gasteiger partial charge is 0.494 e. The number of nitrogens with zero attached hydrogens (tertiary/aromatic N) is 4. The van der Waals surface area contributed by atoms with Crippen molar-refractivity contribution in [3.63, 3.8) is 0 Å². The summed E-state index contributed by atoms with van der Waals surface area (Å²) >= 11 is 0. The second-order valence-electron chi connectivity index (χ2n) is 14.2. The van der Waals surface area contributed by atoms with Crippen molar-refractivity contribution in [2.45, 2.75) is 135 Å². The Kier molecular flexibility index (Phi) is 15.4. The van der Waals surface area contributed by atoms with Gasteiger partial charge in [0.15, 0.2) is 11.5 Å². The molecule has 3 aromatic carbocycles. The maximum atomic E-state index is 6.22. The number of imidazole rings is 1. The Balaban J connectivity index is 0.000000323. The van der Waals surface area contributed by atoms with Crippen molar-refractivity contribution in [2.24, 2.45) is 0 Å². The molecular weight excluding hydrogens is 627 g/mol. The molecule has 2 heterocycles.